The molecule has 3 N–H and O–H groups in total. The van der Waals surface area contributed by atoms with Gasteiger partial charge < -0.3 is 15.7 Å². The van der Waals surface area contributed by atoms with Gasteiger partial charge in [0.05, 0.1) is 0 Å². The monoisotopic (exact) mass is 460 g/mol. The van der Waals surface area contributed by atoms with E-state index in [4.69, 9.17) is 0 Å². The maximum absolute atomic E-state index is 11.8. The van der Waals surface area contributed by atoms with E-state index in [-0.39, 0.29) is 5.75 Å². The lowest BCUT2D eigenvalue weighted by Gasteiger charge is -2.07. The third-order valence-electron chi connectivity index (χ3n) is 6.16. The van der Waals surface area contributed by atoms with Crippen LogP contribution in [0.2, 0.25) is 0 Å². The van der Waals surface area contributed by atoms with Crippen LogP contribution in [-0.2, 0) is 16.0 Å². The van der Waals surface area contributed by atoms with E-state index >= 15 is 0 Å². The van der Waals surface area contributed by atoms with Gasteiger partial charge in [-0.15, -0.1) is 0 Å². The van der Waals surface area contributed by atoms with Crippen molar-refractivity contribution in [1.29, 1.82) is 0 Å². The third kappa shape index (κ3) is 17.1. The van der Waals surface area contributed by atoms with Crippen LogP contribution in [0.1, 0.15) is 115 Å². The molecule has 0 saturated carbocycles. The summed E-state index contributed by atoms with van der Waals surface area (Å²) < 4.78 is 0. The molecule has 0 aromatic heterocycles. The van der Waals surface area contributed by atoms with Crippen LogP contribution in [0.25, 0.3) is 0 Å². The third-order valence-corrected chi connectivity index (χ3v) is 6.16. The van der Waals surface area contributed by atoms with Crippen LogP contribution in [-0.4, -0.2) is 30.0 Å². The van der Waals surface area contributed by atoms with Crippen LogP contribution in [0.5, 0.6) is 5.75 Å². The fourth-order valence-corrected chi connectivity index (χ4v) is 4.02. The topological polar surface area (TPSA) is 78.4 Å². The molecule has 0 spiro atoms. The predicted octanol–water partition coefficient (Wildman–Crippen LogP) is 6.43. The molecule has 0 aliphatic heterocycles. The lowest BCUT2D eigenvalue weighted by molar-refractivity contribution is -0.139. The second-order valence-corrected chi connectivity index (χ2v) is 9.23. The van der Waals surface area contributed by atoms with E-state index in [0.29, 0.717) is 19.5 Å². The molecule has 0 fully saturated rings. The molecule has 0 aliphatic rings. The van der Waals surface area contributed by atoms with Crippen LogP contribution in [0.4, 0.5) is 0 Å². The second-order valence-electron chi connectivity index (χ2n) is 9.23. The Morgan fingerprint density at radius 2 is 1.00 bits per heavy atom. The standard InChI is InChI=1S/C28H48N2O3/c1-2-3-4-5-6-7-8-9-10-11-12-13-14-15-16-17-23-29-27(32)28(33)30-24-22-25-18-20-26(31)21-19-25/h18-21,31H,2-17,22-24H2,1H3,(H,29,32)(H,30,33). The maximum atomic E-state index is 11.8. The van der Waals surface area contributed by atoms with E-state index in [1.807, 2.05) is 0 Å². The average molecular weight is 461 g/mol. The molecule has 0 heterocycles. The normalized spacial score (nSPS) is 10.8. The van der Waals surface area contributed by atoms with Gasteiger partial charge in [0.25, 0.3) is 0 Å². The number of rotatable bonds is 20. The largest absolute Gasteiger partial charge is 0.508 e. The summed E-state index contributed by atoms with van der Waals surface area (Å²) in [5, 5.41) is 14.6. The van der Waals surface area contributed by atoms with Crippen LogP contribution in [0.3, 0.4) is 0 Å². The van der Waals surface area contributed by atoms with Crippen molar-refractivity contribution in [1.82, 2.24) is 10.6 Å². The van der Waals surface area contributed by atoms with Gasteiger partial charge in [-0.25, -0.2) is 0 Å². The van der Waals surface area contributed by atoms with Gasteiger partial charge in [0.2, 0.25) is 0 Å². The molecule has 2 amide bonds. The number of nitrogens with one attached hydrogen (secondary N) is 2. The minimum atomic E-state index is -0.578. The Bertz CT molecular complexity index is 616. The summed E-state index contributed by atoms with van der Waals surface area (Å²) in [7, 11) is 0. The highest BCUT2D eigenvalue weighted by molar-refractivity contribution is 6.35. The quantitative estimate of drug-likeness (QED) is 0.155. The SMILES string of the molecule is CCCCCCCCCCCCCCCCCCNC(=O)C(=O)NCCc1ccc(O)cc1. The van der Waals surface area contributed by atoms with Crippen LogP contribution < -0.4 is 10.6 Å². The number of phenolic OH excluding ortho intramolecular Hbond substituents is 1. The molecule has 0 saturated heterocycles. The Labute approximate surface area is 202 Å². The van der Waals surface area contributed by atoms with Crippen LogP contribution >= 0.6 is 0 Å². The Kier molecular flexibility index (Phi) is 18.1. The molecule has 1 aromatic rings. The molecule has 0 radical (unpaired) electrons. The van der Waals surface area contributed by atoms with E-state index in [0.717, 1.165) is 18.4 Å². The fraction of sp³-hybridized carbons (Fsp3) is 0.714. The molecular weight excluding hydrogens is 412 g/mol. The van der Waals surface area contributed by atoms with Crippen molar-refractivity contribution in [2.75, 3.05) is 13.1 Å². The highest BCUT2D eigenvalue weighted by Crippen LogP contribution is 2.13. The molecule has 0 aliphatic carbocycles. The van der Waals surface area contributed by atoms with E-state index in [1.54, 1.807) is 24.3 Å². The van der Waals surface area contributed by atoms with E-state index in [1.165, 1.54) is 89.9 Å². The van der Waals surface area contributed by atoms with Gasteiger partial charge in [0, 0.05) is 13.1 Å². The molecule has 0 atom stereocenters. The van der Waals surface area contributed by atoms with E-state index in [9.17, 15) is 14.7 Å². The van der Waals surface area contributed by atoms with Gasteiger partial charge in [-0.1, -0.05) is 115 Å². The Balaban J connectivity index is 1.83. The Hall–Kier alpha value is -2.04. The maximum Gasteiger partial charge on any atom is 0.309 e. The average Bonchev–Trinajstić information content (AvgIpc) is 2.82. The van der Waals surface area contributed by atoms with Crippen LogP contribution in [0.15, 0.2) is 24.3 Å². The number of carbonyl (C=O) groups is 2. The molecule has 5 heteroatoms. The number of amides is 2. The zero-order valence-corrected chi connectivity index (χ0v) is 21.0. The van der Waals surface area contributed by atoms with Crippen molar-refractivity contribution >= 4 is 11.8 Å². The first kappa shape index (κ1) is 29.0. The highest BCUT2D eigenvalue weighted by Gasteiger charge is 2.11. The lowest BCUT2D eigenvalue weighted by atomic mass is 10.0. The number of aromatic hydroxyl groups is 1. The summed E-state index contributed by atoms with van der Waals surface area (Å²) in [5.74, 6) is -0.914. The van der Waals surface area contributed by atoms with Crippen molar-refractivity contribution in [3.8, 4) is 5.75 Å². The van der Waals surface area contributed by atoms with Gasteiger partial charge in [-0.2, -0.15) is 0 Å². The first-order chi connectivity index (χ1) is 16.1. The number of phenols is 1. The number of hydrogen-bond acceptors (Lipinski definition) is 3. The minimum absolute atomic E-state index is 0.219. The fourth-order valence-electron chi connectivity index (χ4n) is 4.02. The Morgan fingerprint density at radius 1 is 0.606 bits per heavy atom. The summed E-state index contributed by atoms with van der Waals surface area (Å²) in [5.41, 5.74) is 1.00. The first-order valence-corrected chi connectivity index (χ1v) is 13.5. The summed E-state index contributed by atoms with van der Waals surface area (Å²) >= 11 is 0. The van der Waals surface area contributed by atoms with Gasteiger partial charge in [0.15, 0.2) is 0 Å². The first-order valence-electron chi connectivity index (χ1n) is 13.5. The number of benzene rings is 1. The molecule has 33 heavy (non-hydrogen) atoms. The molecule has 5 nitrogen and oxygen atoms in total. The van der Waals surface area contributed by atoms with Crippen molar-refractivity contribution in [3.63, 3.8) is 0 Å². The molecule has 0 unspecified atom stereocenters. The highest BCUT2D eigenvalue weighted by atomic mass is 16.3. The summed E-state index contributed by atoms with van der Waals surface area (Å²) in [6.07, 6.45) is 21.7. The molecule has 0 bridgehead atoms. The van der Waals surface area contributed by atoms with Crippen molar-refractivity contribution in [2.24, 2.45) is 0 Å². The summed E-state index contributed by atoms with van der Waals surface area (Å²) in [4.78, 5) is 23.7. The number of carbonyl (C=O) groups excluding carboxylic acids is 2. The van der Waals surface area contributed by atoms with E-state index in [2.05, 4.69) is 17.6 Å². The van der Waals surface area contributed by atoms with E-state index < -0.39 is 11.8 Å². The number of hydrogen-bond donors (Lipinski definition) is 3. The van der Waals surface area contributed by atoms with Crippen molar-refractivity contribution < 1.29 is 14.7 Å². The molecule has 1 aromatic carbocycles. The van der Waals surface area contributed by atoms with Gasteiger partial charge in [-0.05, 0) is 30.5 Å². The zero-order chi connectivity index (χ0) is 24.0. The van der Waals surface area contributed by atoms with Gasteiger partial charge in [0.1, 0.15) is 5.75 Å². The minimum Gasteiger partial charge on any atom is -0.508 e. The lowest BCUT2D eigenvalue weighted by Crippen LogP contribution is -2.40. The zero-order valence-electron chi connectivity index (χ0n) is 21.0. The Morgan fingerprint density at radius 3 is 1.45 bits per heavy atom. The van der Waals surface area contributed by atoms with Gasteiger partial charge >= 0.3 is 11.8 Å². The smallest absolute Gasteiger partial charge is 0.309 e. The molecular formula is C28H48N2O3. The van der Waals surface area contributed by atoms with Crippen molar-refractivity contribution in [3.05, 3.63) is 29.8 Å². The van der Waals surface area contributed by atoms with Crippen molar-refractivity contribution in [2.45, 2.75) is 116 Å². The predicted molar refractivity (Wildman–Crippen MR) is 137 cm³/mol. The molecule has 188 valence electrons. The second kappa shape index (κ2) is 20.6. The number of unbranched alkanes of at least 4 members (excludes halogenated alkanes) is 15. The van der Waals surface area contributed by atoms with Crippen LogP contribution in [0, 0.1) is 0 Å². The summed E-state index contributed by atoms with van der Waals surface area (Å²) in [6, 6.07) is 6.83. The summed E-state index contributed by atoms with van der Waals surface area (Å²) in [6.45, 7) is 3.23. The van der Waals surface area contributed by atoms with Gasteiger partial charge in [-0.3, -0.25) is 9.59 Å². The molecule has 1 rings (SSSR count).